The summed E-state index contributed by atoms with van der Waals surface area (Å²) >= 11 is 1.22. The number of carbonyl (C=O) groups is 1. The van der Waals surface area contributed by atoms with Crippen molar-refractivity contribution in [1.29, 1.82) is 0 Å². The van der Waals surface area contributed by atoms with Gasteiger partial charge in [-0.05, 0) is 30.8 Å². The van der Waals surface area contributed by atoms with Crippen LogP contribution in [-0.4, -0.2) is 34.1 Å². The van der Waals surface area contributed by atoms with Gasteiger partial charge in [0, 0.05) is 19.0 Å². The third-order valence-electron chi connectivity index (χ3n) is 4.66. The van der Waals surface area contributed by atoms with Crippen molar-refractivity contribution in [2.45, 2.75) is 37.7 Å². The number of anilines is 2. The molecule has 1 aliphatic heterocycles. The topological polar surface area (TPSA) is 105 Å². The first kappa shape index (κ1) is 13.6. The largest absolute Gasteiger partial charge is 0.389 e. The Hall–Kier alpha value is -1.34. The van der Waals surface area contributed by atoms with E-state index in [1.54, 1.807) is 0 Å². The second-order valence-corrected chi connectivity index (χ2v) is 6.61. The lowest BCUT2D eigenvalue weighted by molar-refractivity contribution is -0.0611. The van der Waals surface area contributed by atoms with Crippen molar-refractivity contribution in [2.75, 3.05) is 23.7 Å². The average molecular weight is 296 g/mol. The molecule has 6 nitrogen and oxygen atoms in total. The monoisotopic (exact) mass is 296 g/mol. The molecule has 5 N–H and O–H groups in total. The number of primary amides is 1. The van der Waals surface area contributed by atoms with Crippen molar-refractivity contribution >= 4 is 28.3 Å². The summed E-state index contributed by atoms with van der Waals surface area (Å²) in [4.78, 5) is 13.6. The number of aromatic nitrogens is 1. The van der Waals surface area contributed by atoms with Gasteiger partial charge in [-0.25, -0.2) is 0 Å². The maximum atomic E-state index is 11.5. The fourth-order valence-corrected chi connectivity index (χ4v) is 4.35. The Kier molecular flexibility index (Phi) is 3.33. The third-order valence-corrected chi connectivity index (χ3v) is 5.58. The summed E-state index contributed by atoms with van der Waals surface area (Å²) in [5.74, 6) is -0.0632. The number of hydrogen-bond acceptors (Lipinski definition) is 6. The number of hydrogen-bond donors (Lipinski definition) is 3. The van der Waals surface area contributed by atoms with Gasteiger partial charge in [-0.2, -0.15) is 4.37 Å². The molecule has 110 valence electrons. The van der Waals surface area contributed by atoms with Gasteiger partial charge >= 0.3 is 0 Å². The Labute approximate surface area is 121 Å². The number of carbonyl (C=O) groups excluding carboxylic acids is 1. The highest BCUT2D eigenvalue weighted by Crippen LogP contribution is 2.42. The zero-order valence-electron chi connectivity index (χ0n) is 11.3. The molecule has 1 amide bonds. The first-order chi connectivity index (χ1) is 9.51. The van der Waals surface area contributed by atoms with Gasteiger partial charge in [0.15, 0.2) is 5.82 Å². The summed E-state index contributed by atoms with van der Waals surface area (Å²) in [6, 6.07) is 0. The predicted molar refractivity (Wildman–Crippen MR) is 78.8 cm³/mol. The zero-order chi connectivity index (χ0) is 14.3. The summed E-state index contributed by atoms with van der Waals surface area (Å²) in [6.07, 6.45) is 4.92. The Balaban J connectivity index is 1.85. The van der Waals surface area contributed by atoms with Crippen molar-refractivity contribution in [3.05, 3.63) is 5.56 Å². The molecule has 1 aromatic rings. The maximum absolute atomic E-state index is 11.5. The summed E-state index contributed by atoms with van der Waals surface area (Å²) in [6.45, 7) is 1.47. The second kappa shape index (κ2) is 4.89. The lowest BCUT2D eigenvalue weighted by atomic mass is 9.71. The molecule has 0 spiro atoms. The number of fused-ring (bicyclic) bond motifs is 1. The lowest BCUT2D eigenvalue weighted by Crippen LogP contribution is -2.53. The van der Waals surface area contributed by atoms with Crippen LogP contribution in [0.4, 0.5) is 10.8 Å². The van der Waals surface area contributed by atoms with E-state index in [9.17, 15) is 9.90 Å². The molecule has 2 aliphatic rings. The smallest absolute Gasteiger partial charge is 0.255 e. The van der Waals surface area contributed by atoms with E-state index in [0.29, 0.717) is 5.56 Å². The number of nitrogens with zero attached hydrogens (tertiary/aromatic N) is 2. The lowest BCUT2D eigenvalue weighted by Gasteiger charge is -2.47. The molecule has 2 atom stereocenters. The fraction of sp³-hybridized carbons (Fsp3) is 0.692. The van der Waals surface area contributed by atoms with Gasteiger partial charge in [0.25, 0.3) is 5.91 Å². The molecule has 3 rings (SSSR count). The van der Waals surface area contributed by atoms with Crippen LogP contribution in [0.25, 0.3) is 0 Å². The van der Waals surface area contributed by atoms with E-state index in [1.165, 1.54) is 11.5 Å². The van der Waals surface area contributed by atoms with Gasteiger partial charge in [-0.1, -0.05) is 12.8 Å². The first-order valence-electron chi connectivity index (χ1n) is 7.03. The highest BCUT2D eigenvalue weighted by Gasteiger charge is 2.43. The van der Waals surface area contributed by atoms with Crippen molar-refractivity contribution in [3.8, 4) is 0 Å². The molecular formula is C13H20N4O2S. The van der Waals surface area contributed by atoms with Gasteiger partial charge in [0.2, 0.25) is 0 Å². The van der Waals surface area contributed by atoms with Gasteiger partial charge < -0.3 is 21.5 Å². The molecular weight excluding hydrogens is 276 g/mol. The first-order valence-corrected chi connectivity index (χ1v) is 7.81. The van der Waals surface area contributed by atoms with Crippen molar-refractivity contribution < 1.29 is 9.90 Å². The molecule has 2 fully saturated rings. The Bertz CT molecular complexity index is 532. The number of rotatable bonds is 2. The SMILES string of the molecule is NC(=O)c1c(N)nsc1N1CCC2(O)CCCCC2C1. The number of nitrogens with two attached hydrogens (primary N) is 2. The van der Waals surface area contributed by atoms with E-state index >= 15 is 0 Å². The molecule has 0 bridgehead atoms. The second-order valence-electron chi connectivity index (χ2n) is 5.85. The quantitative estimate of drug-likeness (QED) is 0.753. The number of amides is 1. The van der Waals surface area contributed by atoms with E-state index in [4.69, 9.17) is 11.5 Å². The molecule has 2 heterocycles. The van der Waals surface area contributed by atoms with Gasteiger partial charge in [-0.3, -0.25) is 4.79 Å². The number of piperidine rings is 1. The molecule has 1 aromatic heterocycles. The van der Waals surface area contributed by atoms with Crippen LogP contribution in [0.15, 0.2) is 0 Å². The van der Waals surface area contributed by atoms with Gasteiger partial charge in [0.05, 0.1) is 5.60 Å². The minimum Gasteiger partial charge on any atom is -0.389 e. The average Bonchev–Trinajstić information content (AvgIpc) is 2.79. The molecule has 0 radical (unpaired) electrons. The fourth-order valence-electron chi connectivity index (χ4n) is 3.50. The highest BCUT2D eigenvalue weighted by molar-refractivity contribution is 7.11. The van der Waals surface area contributed by atoms with Crippen LogP contribution in [0.5, 0.6) is 0 Å². The Morgan fingerprint density at radius 3 is 3.00 bits per heavy atom. The molecule has 1 saturated heterocycles. The van der Waals surface area contributed by atoms with E-state index in [1.807, 2.05) is 0 Å². The Morgan fingerprint density at radius 2 is 2.25 bits per heavy atom. The van der Waals surface area contributed by atoms with Crippen LogP contribution < -0.4 is 16.4 Å². The zero-order valence-corrected chi connectivity index (χ0v) is 12.2. The normalized spacial score (nSPS) is 30.1. The minimum absolute atomic E-state index is 0.210. The molecule has 0 aromatic carbocycles. The molecule has 2 unspecified atom stereocenters. The van der Waals surface area contributed by atoms with Crippen LogP contribution in [0.1, 0.15) is 42.5 Å². The van der Waals surface area contributed by atoms with E-state index in [-0.39, 0.29) is 11.7 Å². The van der Waals surface area contributed by atoms with Crippen LogP contribution in [0.3, 0.4) is 0 Å². The van der Waals surface area contributed by atoms with Gasteiger partial charge in [0.1, 0.15) is 10.6 Å². The van der Waals surface area contributed by atoms with Crippen molar-refractivity contribution in [3.63, 3.8) is 0 Å². The summed E-state index contributed by atoms with van der Waals surface area (Å²) in [7, 11) is 0. The molecule has 7 heteroatoms. The van der Waals surface area contributed by atoms with Crippen LogP contribution in [-0.2, 0) is 0 Å². The predicted octanol–water partition coefficient (Wildman–Crippen LogP) is 0.956. The Morgan fingerprint density at radius 1 is 1.45 bits per heavy atom. The standard InChI is InChI=1S/C13H20N4O2S/c14-10-9(11(15)18)12(20-16-10)17-6-5-13(19)4-2-1-3-8(13)7-17/h8,19H,1-7H2,(H2,14,16)(H2,15,18). The van der Waals surface area contributed by atoms with Crippen LogP contribution in [0.2, 0.25) is 0 Å². The van der Waals surface area contributed by atoms with Crippen LogP contribution >= 0.6 is 11.5 Å². The number of nitrogen functional groups attached to an aromatic ring is 1. The van der Waals surface area contributed by atoms with Crippen molar-refractivity contribution in [1.82, 2.24) is 4.37 Å². The van der Waals surface area contributed by atoms with Gasteiger partial charge in [-0.15, -0.1) is 0 Å². The summed E-state index contributed by atoms with van der Waals surface area (Å²) < 4.78 is 4.05. The number of aliphatic hydroxyl groups is 1. The maximum Gasteiger partial charge on any atom is 0.255 e. The minimum atomic E-state index is -0.532. The molecule has 1 saturated carbocycles. The van der Waals surface area contributed by atoms with E-state index < -0.39 is 11.5 Å². The van der Waals surface area contributed by atoms with E-state index in [2.05, 4.69) is 9.27 Å². The third kappa shape index (κ3) is 2.14. The highest BCUT2D eigenvalue weighted by atomic mass is 32.1. The summed E-state index contributed by atoms with van der Waals surface area (Å²) in [5.41, 5.74) is 10.9. The van der Waals surface area contributed by atoms with E-state index in [0.717, 1.165) is 50.2 Å². The van der Waals surface area contributed by atoms with Crippen LogP contribution in [0, 0.1) is 5.92 Å². The molecule has 1 aliphatic carbocycles. The summed E-state index contributed by atoms with van der Waals surface area (Å²) in [5, 5.41) is 11.4. The molecule has 20 heavy (non-hydrogen) atoms. The van der Waals surface area contributed by atoms with Crippen molar-refractivity contribution in [2.24, 2.45) is 11.7 Å².